The van der Waals surface area contributed by atoms with E-state index in [1.54, 1.807) is 7.11 Å². The minimum absolute atomic E-state index is 0.0169. The zero-order chi connectivity index (χ0) is 23.9. The number of likely N-dealkylation sites (tertiary alicyclic amines) is 1. The first kappa shape index (κ1) is 23.9. The van der Waals surface area contributed by atoms with Crippen molar-refractivity contribution in [3.05, 3.63) is 71.4 Å². The first-order valence-electron chi connectivity index (χ1n) is 11.7. The topological polar surface area (TPSA) is 63.6 Å². The summed E-state index contributed by atoms with van der Waals surface area (Å²) in [5.41, 5.74) is 4.13. The molecule has 0 spiro atoms. The summed E-state index contributed by atoms with van der Waals surface area (Å²) >= 11 is 6.09. The van der Waals surface area contributed by atoms with E-state index in [1.807, 2.05) is 53.4 Å². The highest BCUT2D eigenvalue weighted by atomic mass is 35.5. The second-order valence-corrected chi connectivity index (χ2v) is 8.87. The molecule has 1 N–H and O–H groups in total. The quantitative estimate of drug-likeness (QED) is 0.422. The third-order valence-electron chi connectivity index (χ3n) is 6.14. The first-order chi connectivity index (χ1) is 16.5. The maximum atomic E-state index is 12.5. The van der Waals surface area contributed by atoms with Crippen molar-refractivity contribution in [3.63, 3.8) is 0 Å². The Labute approximate surface area is 205 Å². The number of rotatable bonds is 10. The molecule has 4 rings (SSSR count). The Bertz CT molecular complexity index is 1120. The molecule has 34 heavy (non-hydrogen) atoms. The summed E-state index contributed by atoms with van der Waals surface area (Å²) in [6.07, 6.45) is 3.37. The lowest BCUT2D eigenvalue weighted by Gasteiger charge is -2.16. The molecule has 0 radical (unpaired) electrons. The highest BCUT2D eigenvalue weighted by Crippen LogP contribution is 2.29. The van der Waals surface area contributed by atoms with E-state index in [4.69, 9.17) is 16.3 Å². The van der Waals surface area contributed by atoms with Crippen LogP contribution in [0, 0.1) is 0 Å². The van der Waals surface area contributed by atoms with Gasteiger partial charge in [0.2, 0.25) is 11.8 Å². The molecule has 1 aliphatic rings. The maximum absolute atomic E-state index is 12.5. The van der Waals surface area contributed by atoms with Crippen LogP contribution >= 0.6 is 11.6 Å². The van der Waals surface area contributed by atoms with E-state index >= 15 is 0 Å². The van der Waals surface area contributed by atoms with E-state index in [9.17, 15) is 9.59 Å². The van der Waals surface area contributed by atoms with Crippen LogP contribution in [-0.2, 0) is 16.0 Å². The number of carbonyl (C=O) groups is 2. The number of benzene rings is 2. The zero-order valence-corrected chi connectivity index (χ0v) is 20.2. The number of amides is 2. The van der Waals surface area contributed by atoms with E-state index in [1.165, 1.54) is 0 Å². The van der Waals surface area contributed by atoms with E-state index < -0.39 is 0 Å². The van der Waals surface area contributed by atoms with E-state index in [0.29, 0.717) is 37.4 Å². The van der Waals surface area contributed by atoms with Gasteiger partial charge >= 0.3 is 0 Å². The highest BCUT2D eigenvalue weighted by molar-refractivity contribution is 6.30. The van der Waals surface area contributed by atoms with Gasteiger partial charge in [-0.3, -0.25) is 9.59 Å². The van der Waals surface area contributed by atoms with Crippen LogP contribution in [0.25, 0.3) is 16.9 Å². The van der Waals surface area contributed by atoms with E-state index in [0.717, 1.165) is 47.8 Å². The highest BCUT2D eigenvalue weighted by Gasteiger charge is 2.19. The Hall–Kier alpha value is -3.25. The molecule has 2 heterocycles. The number of nitrogens with zero attached hydrogens (tertiary/aromatic N) is 2. The van der Waals surface area contributed by atoms with Crippen molar-refractivity contribution in [2.24, 2.45) is 0 Å². The number of carbonyl (C=O) groups excluding carboxylic acids is 2. The molecule has 6 nitrogen and oxygen atoms in total. The van der Waals surface area contributed by atoms with Crippen molar-refractivity contribution in [3.8, 4) is 22.7 Å². The molecule has 3 aromatic rings. The molecular weight excluding hydrogens is 450 g/mol. The summed E-state index contributed by atoms with van der Waals surface area (Å²) in [6.45, 7) is 2.13. The lowest BCUT2D eigenvalue weighted by Crippen LogP contribution is -2.30. The fourth-order valence-corrected chi connectivity index (χ4v) is 4.45. The summed E-state index contributed by atoms with van der Waals surface area (Å²) in [6, 6.07) is 19.8. The number of hydrogen-bond acceptors (Lipinski definition) is 3. The third-order valence-corrected chi connectivity index (χ3v) is 6.39. The van der Waals surface area contributed by atoms with Crippen LogP contribution in [0.5, 0.6) is 5.75 Å². The van der Waals surface area contributed by atoms with Gasteiger partial charge in [0.25, 0.3) is 0 Å². The zero-order valence-electron chi connectivity index (χ0n) is 19.4. The smallest absolute Gasteiger partial charge is 0.222 e. The van der Waals surface area contributed by atoms with Gasteiger partial charge in [0.15, 0.2) is 0 Å². The Balaban J connectivity index is 1.42. The molecule has 1 aliphatic heterocycles. The molecule has 0 unspecified atom stereocenters. The predicted molar refractivity (Wildman–Crippen MR) is 135 cm³/mol. The van der Waals surface area contributed by atoms with Crippen LogP contribution < -0.4 is 10.1 Å². The summed E-state index contributed by atoms with van der Waals surface area (Å²) in [5.74, 6) is 1.03. The average Bonchev–Trinajstić information content (AvgIpc) is 3.47. The van der Waals surface area contributed by atoms with Gasteiger partial charge in [0, 0.05) is 48.9 Å². The Kier molecular flexibility index (Phi) is 7.91. The molecule has 2 aromatic carbocycles. The van der Waals surface area contributed by atoms with Crippen molar-refractivity contribution < 1.29 is 14.3 Å². The summed E-state index contributed by atoms with van der Waals surface area (Å²) in [4.78, 5) is 26.1. The van der Waals surface area contributed by atoms with Crippen LogP contribution in [0.15, 0.2) is 60.7 Å². The molecule has 0 saturated carbocycles. The van der Waals surface area contributed by atoms with Gasteiger partial charge in [-0.15, -0.1) is 0 Å². The normalized spacial score (nSPS) is 13.4. The van der Waals surface area contributed by atoms with Gasteiger partial charge in [-0.05, 0) is 73.4 Å². The molecule has 1 fully saturated rings. The van der Waals surface area contributed by atoms with Gasteiger partial charge in [0.1, 0.15) is 5.75 Å². The first-order valence-corrected chi connectivity index (χ1v) is 12.1. The summed E-state index contributed by atoms with van der Waals surface area (Å²) in [7, 11) is 1.65. The number of halogens is 1. The Morgan fingerprint density at radius 2 is 1.82 bits per heavy atom. The van der Waals surface area contributed by atoms with Crippen molar-refractivity contribution in [1.29, 1.82) is 0 Å². The molecule has 2 amide bonds. The van der Waals surface area contributed by atoms with Gasteiger partial charge in [0.05, 0.1) is 12.8 Å². The minimum atomic E-state index is 0.0169. The number of aryl methyl sites for hydroxylation is 1. The van der Waals surface area contributed by atoms with Gasteiger partial charge < -0.3 is 19.5 Å². The second kappa shape index (κ2) is 11.3. The average molecular weight is 480 g/mol. The molecule has 178 valence electrons. The van der Waals surface area contributed by atoms with Crippen LogP contribution in [0.1, 0.15) is 31.4 Å². The van der Waals surface area contributed by atoms with Gasteiger partial charge in [-0.25, -0.2) is 0 Å². The lowest BCUT2D eigenvalue weighted by atomic mass is 10.1. The molecule has 1 saturated heterocycles. The molecule has 1 aromatic heterocycles. The summed E-state index contributed by atoms with van der Waals surface area (Å²) in [5, 5.41) is 3.69. The van der Waals surface area contributed by atoms with Gasteiger partial charge in [-0.2, -0.15) is 0 Å². The third kappa shape index (κ3) is 5.81. The fourth-order valence-electron chi connectivity index (χ4n) is 4.32. The Morgan fingerprint density at radius 3 is 2.50 bits per heavy atom. The number of nitrogens with one attached hydrogen (secondary N) is 1. The van der Waals surface area contributed by atoms with Crippen LogP contribution in [0.3, 0.4) is 0 Å². The van der Waals surface area contributed by atoms with Crippen LogP contribution in [-0.4, -0.2) is 48.0 Å². The predicted octanol–water partition coefficient (Wildman–Crippen LogP) is 4.87. The molecular formula is C27H30ClN3O3. The van der Waals surface area contributed by atoms with Crippen molar-refractivity contribution in [1.82, 2.24) is 14.8 Å². The lowest BCUT2D eigenvalue weighted by molar-refractivity contribution is -0.127. The molecule has 0 aliphatic carbocycles. The number of ether oxygens (including phenoxy) is 1. The Morgan fingerprint density at radius 1 is 1.06 bits per heavy atom. The largest absolute Gasteiger partial charge is 0.497 e. The SMILES string of the molecule is COc1ccc(-n2c(CCC(=O)NCCCN3CCCC3=O)ccc2-c2ccc(Cl)cc2)cc1. The molecule has 0 bridgehead atoms. The second-order valence-electron chi connectivity index (χ2n) is 8.44. The van der Waals surface area contributed by atoms with E-state index in [-0.39, 0.29) is 11.8 Å². The maximum Gasteiger partial charge on any atom is 0.222 e. The minimum Gasteiger partial charge on any atom is -0.497 e. The standard InChI is InChI=1S/C27H30ClN3O3/c1-34-24-13-9-22(10-14-24)31-23(11-15-25(31)20-5-7-21(28)8-6-20)12-16-26(32)29-17-3-19-30-18-2-4-27(30)33/h5-11,13-15H,2-4,12,16-19H2,1H3,(H,29,32). The molecule has 7 heteroatoms. The number of methoxy groups -OCH3 is 1. The number of hydrogen-bond donors (Lipinski definition) is 1. The fraction of sp³-hybridized carbons (Fsp3) is 0.333. The monoisotopic (exact) mass is 479 g/mol. The van der Waals surface area contributed by atoms with Gasteiger partial charge in [-0.1, -0.05) is 23.7 Å². The number of aromatic nitrogens is 1. The van der Waals surface area contributed by atoms with Crippen molar-refractivity contribution in [2.45, 2.75) is 32.1 Å². The van der Waals surface area contributed by atoms with Crippen LogP contribution in [0.2, 0.25) is 5.02 Å². The summed E-state index contributed by atoms with van der Waals surface area (Å²) < 4.78 is 7.49. The van der Waals surface area contributed by atoms with Crippen molar-refractivity contribution >= 4 is 23.4 Å². The van der Waals surface area contributed by atoms with Crippen molar-refractivity contribution in [2.75, 3.05) is 26.7 Å². The van der Waals surface area contributed by atoms with Crippen LogP contribution in [0.4, 0.5) is 0 Å². The van der Waals surface area contributed by atoms with E-state index in [2.05, 4.69) is 22.0 Å². The molecule has 0 atom stereocenters.